The van der Waals surface area contributed by atoms with Crippen LogP contribution in [0.3, 0.4) is 0 Å². The van der Waals surface area contributed by atoms with Crippen molar-refractivity contribution in [3.63, 3.8) is 0 Å². The molecule has 0 saturated carbocycles. The van der Waals surface area contributed by atoms with Crippen molar-refractivity contribution >= 4 is 17.4 Å². The molecule has 2 aromatic rings. The quantitative estimate of drug-likeness (QED) is 0.781. The van der Waals surface area contributed by atoms with Crippen LogP contribution in [0.1, 0.15) is 38.8 Å². The van der Waals surface area contributed by atoms with Gasteiger partial charge in [-0.15, -0.1) is 0 Å². The van der Waals surface area contributed by atoms with Gasteiger partial charge in [0.1, 0.15) is 0 Å². The molecule has 2 aromatic carbocycles. The number of ketones is 1. The molecule has 0 aliphatic carbocycles. The molecule has 0 bridgehead atoms. The summed E-state index contributed by atoms with van der Waals surface area (Å²) in [6, 6.07) is 13.2. The zero-order chi connectivity index (χ0) is 14.3. The van der Waals surface area contributed by atoms with Gasteiger partial charge < -0.3 is 4.90 Å². The van der Waals surface area contributed by atoms with Crippen molar-refractivity contribution in [2.24, 2.45) is 0 Å². The van der Waals surface area contributed by atoms with Crippen molar-refractivity contribution in [1.82, 2.24) is 0 Å². The van der Waals surface area contributed by atoms with Crippen LogP contribution < -0.4 is 4.90 Å². The number of hydrogen-bond acceptors (Lipinski definition) is 2. The first-order valence-corrected chi connectivity index (χ1v) is 6.59. The third kappa shape index (κ3) is 1.92. The summed E-state index contributed by atoms with van der Waals surface area (Å²) < 4.78 is 0. The van der Waals surface area contributed by atoms with Crippen molar-refractivity contribution in [2.45, 2.75) is 20.4 Å². The summed E-state index contributed by atoms with van der Waals surface area (Å²) >= 11 is 0. The van der Waals surface area contributed by atoms with E-state index in [1.807, 2.05) is 43.3 Å². The maximum absolute atomic E-state index is 12.5. The Labute approximate surface area is 117 Å². The number of para-hydroxylation sites is 1. The summed E-state index contributed by atoms with van der Waals surface area (Å²) in [4.78, 5) is 25.9. The van der Waals surface area contributed by atoms with Gasteiger partial charge in [0, 0.05) is 11.1 Å². The Morgan fingerprint density at radius 1 is 1.15 bits per heavy atom. The molecule has 3 rings (SSSR count). The SMILES string of the molecule is CC(=O)c1ccccc1N1Cc2ccc(C)cc2C1=O. The van der Waals surface area contributed by atoms with Crippen LogP contribution in [0.25, 0.3) is 0 Å². The van der Waals surface area contributed by atoms with E-state index in [9.17, 15) is 9.59 Å². The second-order valence-corrected chi connectivity index (χ2v) is 5.13. The molecule has 100 valence electrons. The van der Waals surface area contributed by atoms with Crippen LogP contribution in [0.5, 0.6) is 0 Å². The summed E-state index contributed by atoms with van der Waals surface area (Å²) in [7, 11) is 0. The molecule has 3 heteroatoms. The number of aryl methyl sites for hydroxylation is 1. The smallest absolute Gasteiger partial charge is 0.258 e. The number of fused-ring (bicyclic) bond motifs is 1. The lowest BCUT2D eigenvalue weighted by Gasteiger charge is -2.18. The Bertz CT molecular complexity index is 719. The molecule has 0 saturated heterocycles. The first kappa shape index (κ1) is 12.6. The number of carbonyl (C=O) groups is 2. The highest BCUT2D eigenvalue weighted by Crippen LogP contribution is 2.31. The molecule has 1 heterocycles. The molecule has 0 N–H and O–H groups in total. The molecular weight excluding hydrogens is 250 g/mol. The van der Waals surface area contributed by atoms with Crippen molar-refractivity contribution in [2.75, 3.05) is 4.90 Å². The highest BCUT2D eigenvalue weighted by molar-refractivity contribution is 6.13. The highest BCUT2D eigenvalue weighted by Gasteiger charge is 2.30. The minimum atomic E-state index is -0.0302. The molecule has 1 amide bonds. The zero-order valence-electron chi connectivity index (χ0n) is 11.5. The van der Waals surface area contributed by atoms with Crippen LogP contribution >= 0.6 is 0 Å². The Hall–Kier alpha value is -2.42. The molecule has 20 heavy (non-hydrogen) atoms. The summed E-state index contributed by atoms with van der Waals surface area (Å²) in [5.74, 6) is -0.0575. The first-order chi connectivity index (χ1) is 9.58. The third-order valence-electron chi connectivity index (χ3n) is 3.64. The highest BCUT2D eigenvalue weighted by atomic mass is 16.2. The molecule has 0 radical (unpaired) electrons. The van der Waals surface area contributed by atoms with Gasteiger partial charge in [-0.05, 0) is 37.6 Å². The second-order valence-electron chi connectivity index (χ2n) is 5.13. The monoisotopic (exact) mass is 265 g/mol. The van der Waals surface area contributed by atoms with Crippen molar-refractivity contribution in [1.29, 1.82) is 0 Å². The van der Waals surface area contributed by atoms with Crippen LogP contribution in [0, 0.1) is 6.92 Å². The normalized spacial score (nSPS) is 13.5. The fourth-order valence-electron chi connectivity index (χ4n) is 2.62. The van der Waals surface area contributed by atoms with E-state index in [1.165, 1.54) is 6.92 Å². The fraction of sp³-hybridized carbons (Fsp3) is 0.176. The van der Waals surface area contributed by atoms with Crippen LogP contribution in [0.4, 0.5) is 5.69 Å². The van der Waals surface area contributed by atoms with E-state index in [4.69, 9.17) is 0 Å². The van der Waals surface area contributed by atoms with Gasteiger partial charge >= 0.3 is 0 Å². The maximum atomic E-state index is 12.5. The predicted octanol–water partition coefficient (Wildman–Crippen LogP) is 3.36. The van der Waals surface area contributed by atoms with Gasteiger partial charge in [-0.3, -0.25) is 9.59 Å². The van der Waals surface area contributed by atoms with Crippen LogP contribution in [0.2, 0.25) is 0 Å². The van der Waals surface area contributed by atoms with Crippen molar-refractivity contribution in [3.05, 3.63) is 64.7 Å². The summed E-state index contributed by atoms with van der Waals surface area (Å²) in [6.45, 7) is 4.02. The molecule has 1 aliphatic heterocycles. The van der Waals surface area contributed by atoms with Crippen molar-refractivity contribution < 1.29 is 9.59 Å². The van der Waals surface area contributed by atoms with E-state index in [2.05, 4.69) is 0 Å². The largest absolute Gasteiger partial charge is 0.303 e. The molecule has 0 spiro atoms. The Kier molecular flexibility index (Phi) is 2.90. The topological polar surface area (TPSA) is 37.4 Å². The molecule has 0 aromatic heterocycles. The Morgan fingerprint density at radius 2 is 1.90 bits per heavy atom. The van der Waals surface area contributed by atoms with Gasteiger partial charge in [-0.2, -0.15) is 0 Å². The third-order valence-corrected chi connectivity index (χ3v) is 3.64. The Balaban J connectivity index is 2.07. The molecule has 0 fully saturated rings. The fourth-order valence-corrected chi connectivity index (χ4v) is 2.62. The van der Waals surface area contributed by atoms with Crippen LogP contribution in [0.15, 0.2) is 42.5 Å². The van der Waals surface area contributed by atoms with Gasteiger partial charge in [-0.25, -0.2) is 0 Å². The molecule has 1 aliphatic rings. The summed E-state index contributed by atoms with van der Waals surface area (Å²) in [5, 5.41) is 0. The van der Waals surface area contributed by atoms with E-state index in [0.717, 1.165) is 16.7 Å². The van der Waals surface area contributed by atoms with Crippen LogP contribution in [-0.4, -0.2) is 11.7 Å². The minimum Gasteiger partial charge on any atom is -0.303 e. The van der Waals surface area contributed by atoms with Gasteiger partial charge in [0.2, 0.25) is 0 Å². The number of hydrogen-bond donors (Lipinski definition) is 0. The average molecular weight is 265 g/mol. The van der Waals surface area contributed by atoms with E-state index in [0.29, 0.717) is 17.8 Å². The average Bonchev–Trinajstić information content (AvgIpc) is 2.76. The molecule has 3 nitrogen and oxygen atoms in total. The lowest BCUT2D eigenvalue weighted by Crippen LogP contribution is -2.24. The number of carbonyl (C=O) groups excluding carboxylic acids is 2. The summed E-state index contributed by atoms with van der Waals surface area (Å²) in [6.07, 6.45) is 0. The van der Waals surface area contributed by atoms with Gasteiger partial charge in [0.15, 0.2) is 5.78 Å². The number of anilines is 1. The Morgan fingerprint density at radius 3 is 2.65 bits per heavy atom. The minimum absolute atomic E-state index is 0.0273. The van der Waals surface area contributed by atoms with Gasteiger partial charge in [-0.1, -0.05) is 29.8 Å². The molecule has 0 atom stereocenters. The number of rotatable bonds is 2. The number of nitrogens with zero attached hydrogens (tertiary/aromatic N) is 1. The first-order valence-electron chi connectivity index (χ1n) is 6.59. The maximum Gasteiger partial charge on any atom is 0.258 e. The standard InChI is InChI=1S/C17H15NO2/c1-11-7-8-13-10-18(17(20)15(13)9-11)16-6-4-3-5-14(16)12(2)19/h3-9H,10H2,1-2H3. The lowest BCUT2D eigenvalue weighted by atomic mass is 10.1. The van der Waals surface area contributed by atoms with Crippen molar-refractivity contribution in [3.8, 4) is 0 Å². The second kappa shape index (κ2) is 4.60. The van der Waals surface area contributed by atoms with E-state index >= 15 is 0 Å². The number of benzene rings is 2. The summed E-state index contributed by atoms with van der Waals surface area (Å²) in [5.41, 5.74) is 4.10. The van der Waals surface area contributed by atoms with E-state index in [-0.39, 0.29) is 11.7 Å². The van der Waals surface area contributed by atoms with Gasteiger partial charge in [0.25, 0.3) is 5.91 Å². The predicted molar refractivity (Wildman–Crippen MR) is 78.1 cm³/mol. The van der Waals surface area contributed by atoms with Crippen LogP contribution in [-0.2, 0) is 6.54 Å². The number of amides is 1. The molecular formula is C17H15NO2. The number of Topliss-reactive ketones (excluding diaryl/α,β-unsaturated/α-hetero) is 1. The lowest BCUT2D eigenvalue weighted by molar-refractivity contribution is 0.0996. The zero-order valence-corrected chi connectivity index (χ0v) is 11.5. The van der Waals surface area contributed by atoms with Gasteiger partial charge in [0.05, 0.1) is 12.2 Å². The van der Waals surface area contributed by atoms with E-state index in [1.54, 1.807) is 11.0 Å². The molecule has 0 unspecified atom stereocenters. The van der Waals surface area contributed by atoms with E-state index < -0.39 is 0 Å².